The quantitative estimate of drug-likeness (QED) is 0.794. The van der Waals surface area contributed by atoms with Crippen LogP contribution >= 0.6 is 27.5 Å². The first-order valence-corrected chi connectivity index (χ1v) is 6.74. The van der Waals surface area contributed by atoms with Gasteiger partial charge in [0.2, 0.25) is 0 Å². The molecule has 6 heteroatoms. The van der Waals surface area contributed by atoms with Crippen LogP contribution in [0.1, 0.15) is 17.3 Å². The van der Waals surface area contributed by atoms with Crippen LogP contribution in [0.4, 0.5) is 0 Å². The number of nitrogens with zero attached hydrogens (tertiary/aromatic N) is 1. The second-order valence-corrected chi connectivity index (χ2v) is 4.94. The summed E-state index contributed by atoms with van der Waals surface area (Å²) < 4.78 is 10.9. The highest BCUT2D eigenvalue weighted by molar-refractivity contribution is 9.10. The molecule has 0 spiro atoms. The minimum Gasteiger partial charge on any atom is -0.497 e. The first-order chi connectivity index (χ1) is 9.08. The monoisotopic (exact) mass is 343 g/mol. The highest BCUT2D eigenvalue weighted by atomic mass is 79.9. The van der Waals surface area contributed by atoms with Crippen molar-refractivity contribution in [1.29, 1.82) is 0 Å². The Morgan fingerprint density at radius 1 is 1.47 bits per heavy atom. The van der Waals surface area contributed by atoms with E-state index in [4.69, 9.17) is 21.1 Å². The van der Waals surface area contributed by atoms with Gasteiger partial charge in [-0.2, -0.15) is 0 Å². The van der Waals surface area contributed by atoms with Crippen molar-refractivity contribution < 1.29 is 14.3 Å². The van der Waals surface area contributed by atoms with E-state index < -0.39 is 5.97 Å². The van der Waals surface area contributed by atoms with Gasteiger partial charge in [-0.25, -0.2) is 4.79 Å². The normalized spacial score (nSPS) is 10.5. The molecule has 0 aliphatic rings. The van der Waals surface area contributed by atoms with Crippen LogP contribution in [0.5, 0.6) is 5.75 Å². The molecule has 0 N–H and O–H groups in total. The van der Waals surface area contributed by atoms with E-state index in [0.717, 1.165) is 4.47 Å². The number of ether oxygens (including phenoxy) is 2. The lowest BCUT2D eigenvalue weighted by atomic mass is 10.1. The van der Waals surface area contributed by atoms with E-state index in [1.807, 2.05) is 0 Å². The number of carbonyl (C=O) groups excluding carboxylic acids is 1. The van der Waals surface area contributed by atoms with Crippen LogP contribution in [0.25, 0.3) is 10.9 Å². The minimum absolute atomic E-state index is 0.246. The van der Waals surface area contributed by atoms with Crippen molar-refractivity contribution in [3.8, 4) is 5.75 Å². The smallest absolute Gasteiger partial charge is 0.341 e. The number of fused-ring (bicyclic) bond motifs is 1. The molecule has 0 saturated heterocycles. The summed E-state index contributed by atoms with van der Waals surface area (Å²) in [6.07, 6.45) is 1.42. The van der Waals surface area contributed by atoms with Gasteiger partial charge < -0.3 is 9.47 Å². The predicted octanol–water partition coefficient (Wildman–Crippen LogP) is 3.84. The Balaban J connectivity index is 2.66. The van der Waals surface area contributed by atoms with E-state index in [1.165, 1.54) is 6.20 Å². The lowest BCUT2D eigenvalue weighted by Crippen LogP contribution is -2.06. The molecule has 0 radical (unpaired) electrons. The highest BCUT2D eigenvalue weighted by Crippen LogP contribution is 2.34. The van der Waals surface area contributed by atoms with Gasteiger partial charge >= 0.3 is 5.97 Å². The molecule has 0 fully saturated rings. The fourth-order valence-electron chi connectivity index (χ4n) is 1.67. The molecule has 0 unspecified atom stereocenters. The maximum Gasteiger partial charge on any atom is 0.341 e. The van der Waals surface area contributed by atoms with E-state index in [9.17, 15) is 4.79 Å². The van der Waals surface area contributed by atoms with Crippen LogP contribution in [0.2, 0.25) is 5.02 Å². The number of pyridine rings is 1. The third-order valence-corrected chi connectivity index (χ3v) is 3.58. The van der Waals surface area contributed by atoms with Gasteiger partial charge in [-0.1, -0.05) is 11.6 Å². The first-order valence-electron chi connectivity index (χ1n) is 5.57. The molecule has 0 saturated carbocycles. The Morgan fingerprint density at radius 3 is 2.84 bits per heavy atom. The Hall–Kier alpha value is -1.33. The van der Waals surface area contributed by atoms with E-state index in [-0.39, 0.29) is 12.2 Å². The number of aromatic nitrogens is 1. The third-order valence-electron chi connectivity index (χ3n) is 2.56. The Labute approximate surface area is 123 Å². The highest BCUT2D eigenvalue weighted by Gasteiger charge is 2.17. The molecule has 0 atom stereocenters. The summed E-state index contributed by atoms with van der Waals surface area (Å²) in [4.78, 5) is 16.0. The number of carbonyl (C=O) groups is 1. The van der Waals surface area contributed by atoms with E-state index in [1.54, 1.807) is 26.2 Å². The molecule has 0 aliphatic carbocycles. The zero-order valence-corrected chi connectivity index (χ0v) is 12.7. The van der Waals surface area contributed by atoms with E-state index in [2.05, 4.69) is 20.9 Å². The van der Waals surface area contributed by atoms with Crippen molar-refractivity contribution >= 4 is 44.4 Å². The number of hydrogen-bond acceptors (Lipinski definition) is 4. The van der Waals surface area contributed by atoms with Crippen LogP contribution in [0, 0.1) is 0 Å². The molecular formula is C13H11BrClNO3. The molecule has 1 aromatic heterocycles. The molecule has 1 heterocycles. The number of benzene rings is 1. The molecule has 100 valence electrons. The molecule has 0 bridgehead atoms. The van der Waals surface area contributed by atoms with Crippen LogP contribution in [0.15, 0.2) is 22.8 Å². The van der Waals surface area contributed by atoms with Crippen molar-refractivity contribution in [2.75, 3.05) is 13.7 Å². The lowest BCUT2D eigenvalue weighted by Gasteiger charge is -2.09. The molecule has 1 aromatic carbocycles. The number of hydrogen-bond donors (Lipinski definition) is 0. The van der Waals surface area contributed by atoms with Gasteiger partial charge in [0.15, 0.2) is 0 Å². The van der Waals surface area contributed by atoms with Gasteiger partial charge in [0.1, 0.15) is 5.75 Å². The average Bonchev–Trinajstić information content (AvgIpc) is 2.39. The summed E-state index contributed by atoms with van der Waals surface area (Å²) in [7, 11) is 1.56. The van der Waals surface area contributed by atoms with Crippen molar-refractivity contribution in [1.82, 2.24) is 4.98 Å². The molecule has 0 aliphatic heterocycles. The molecule has 2 rings (SSSR count). The number of halogens is 2. The zero-order valence-electron chi connectivity index (χ0n) is 10.4. The van der Waals surface area contributed by atoms with Crippen molar-refractivity contribution in [2.45, 2.75) is 6.92 Å². The van der Waals surface area contributed by atoms with Gasteiger partial charge in [-0.05, 0) is 35.0 Å². The largest absolute Gasteiger partial charge is 0.497 e. The Morgan fingerprint density at radius 2 is 2.21 bits per heavy atom. The molecule has 19 heavy (non-hydrogen) atoms. The van der Waals surface area contributed by atoms with Gasteiger partial charge in [-0.3, -0.25) is 4.98 Å². The molecular weight excluding hydrogens is 334 g/mol. The van der Waals surface area contributed by atoms with E-state index in [0.29, 0.717) is 21.7 Å². The fourth-order valence-corrected chi connectivity index (χ4v) is 2.48. The minimum atomic E-state index is -0.485. The van der Waals surface area contributed by atoms with Gasteiger partial charge in [0.05, 0.1) is 29.8 Å². The summed E-state index contributed by atoms with van der Waals surface area (Å²) in [6.45, 7) is 2.02. The molecule has 0 amide bonds. The summed E-state index contributed by atoms with van der Waals surface area (Å²) in [5, 5.41) is 0.946. The standard InChI is InChI=1S/C13H11BrClNO3/c1-3-19-13(17)9-6-16-12-8(11(9)15)4-7(18-2)5-10(12)14/h4-6H,3H2,1-2H3. The van der Waals surface area contributed by atoms with Crippen molar-refractivity contribution in [3.05, 3.63) is 33.4 Å². The van der Waals surface area contributed by atoms with Crippen LogP contribution in [-0.4, -0.2) is 24.7 Å². The summed E-state index contributed by atoms with van der Waals surface area (Å²) in [5.41, 5.74) is 0.912. The van der Waals surface area contributed by atoms with Gasteiger partial charge in [0.25, 0.3) is 0 Å². The second-order valence-electron chi connectivity index (χ2n) is 3.71. The number of esters is 1. The Kier molecular flexibility index (Phi) is 4.27. The SMILES string of the molecule is CCOC(=O)c1cnc2c(Br)cc(OC)cc2c1Cl. The lowest BCUT2D eigenvalue weighted by molar-refractivity contribution is 0.0526. The first kappa shape index (κ1) is 14.1. The van der Waals surface area contributed by atoms with Crippen LogP contribution < -0.4 is 4.74 Å². The van der Waals surface area contributed by atoms with Crippen LogP contribution in [0.3, 0.4) is 0 Å². The van der Waals surface area contributed by atoms with Crippen molar-refractivity contribution in [3.63, 3.8) is 0 Å². The summed E-state index contributed by atoms with van der Waals surface area (Å²) in [6, 6.07) is 3.52. The molecule has 4 nitrogen and oxygen atoms in total. The van der Waals surface area contributed by atoms with Gasteiger partial charge in [0, 0.05) is 16.1 Å². The fraction of sp³-hybridized carbons (Fsp3) is 0.231. The summed E-state index contributed by atoms with van der Waals surface area (Å²) in [5.74, 6) is 0.143. The molecule has 2 aromatic rings. The topological polar surface area (TPSA) is 48.4 Å². The van der Waals surface area contributed by atoms with Gasteiger partial charge in [-0.15, -0.1) is 0 Å². The third kappa shape index (κ3) is 2.67. The second kappa shape index (κ2) is 5.75. The predicted molar refractivity (Wildman–Crippen MR) is 77.0 cm³/mol. The Bertz CT molecular complexity index is 645. The maximum absolute atomic E-state index is 11.8. The van der Waals surface area contributed by atoms with E-state index >= 15 is 0 Å². The van der Waals surface area contributed by atoms with Crippen LogP contribution in [-0.2, 0) is 4.74 Å². The maximum atomic E-state index is 11.8. The zero-order chi connectivity index (χ0) is 14.0. The number of rotatable bonds is 3. The number of methoxy groups -OCH3 is 1. The average molecular weight is 345 g/mol. The summed E-state index contributed by atoms with van der Waals surface area (Å²) >= 11 is 9.65. The van der Waals surface area contributed by atoms with Crippen molar-refractivity contribution in [2.24, 2.45) is 0 Å².